The van der Waals surface area contributed by atoms with Gasteiger partial charge in [0, 0.05) is 12.5 Å². The molecule has 1 unspecified atom stereocenters. The molecule has 0 radical (unpaired) electrons. The van der Waals surface area contributed by atoms with Gasteiger partial charge in [-0.3, -0.25) is 0 Å². The van der Waals surface area contributed by atoms with E-state index in [9.17, 15) is 4.39 Å². The molecule has 4 aromatic rings. The van der Waals surface area contributed by atoms with Crippen molar-refractivity contribution in [2.75, 3.05) is 6.66 Å². The number of halogens is 1. The Morgan fingerprint density at radius 3 is 1.49 bits per heavy atom. The summed E-state index contributed by atoms with van der Waals surface area (Å²) in [6.07, 6.45) is 10.6. The van der Waals surface area contributed by atoms with E-state index in [4.69, 9.17) is 14.0 Å². The minimum absolute atomic E-state index is 0.599. The van der Waals surface area contributed by atoms with Crippen molar-refractivity contribution in [2.45, 2.75) is 140 Å². The molecule has 0 aliphatic heterocycles. The molecule has 7 heteroatoms. The molecule has 0 aliphatic rings. The number of hydrogen-bond acceptors (Lipinski definition) is 5. The summed E-state index contributed by atoms with van der Waals surface area (Å²) in [6, 6.07) is 23.7. The Hall–Kier alpha value is -3.50. The topological polar surface area (TPSA) is 73.1 Å². The van der Waals surface area contributed by atoms with Gasteiger partial charge in [-0.2, -0.15) is 0 Å². The monoisotopic (exact) mass is 725 g/mol. The van der Waals surface area contributed by atoms with Crippen LogP contribution < -0.4 is 5.30 Å². The van der Waals surface area contributed by atoms with Gasteiger partial charge < -0.3 is 14.0 Å². The highest BCUT2D eigenvalue weighted by Crippen LogP contribution is 2.21. The molecule has 0 saturated carbocycles. The van der Waals surface area contributed by atoms with E-state index < -0.39 is 5.67 Å². The van der Waals surface area contributed by atoms with Gasteiger partial charge in [0.05, 0.1) is 0 Å². The van der Waals surface area contributed by atoms with Crippen LogP contribution in [0.4, 0.5) is 4.39 Å². The maximum Gasteiger partial charge on any atom is 0.247 e. The number of hydrogen-bond donors (Lipinski definition) is 0. The molecule has 3 aromatic carbocycles. The van der Waals surface area contributed by atoms with Crippen LogP contribution in [0.5, 0.6) is 0 Å². The number of carbonyl (C=O) groups excluding carboxylic acids is 2. The quantitative estimate of drug-likeness (QED) is 0.0976. The Morgan fingerprint density at radius 1 is 0.745 bits per heavy atom. The highest BCUT2D eigenvalue weighted by Gasteiger charge is 2.09. The van der Waals surface area contributed by atoms with E-state index in [0.717, 1.165) is 26.9 Å². The van der Waals surface area contributed by atoms with E-state index in [1.165, 1.54) is 78.6 Å². The highest BCUT2D eigenvalue weighted by atomic mass is 31.1. The van der Waals surface area contributed by atoms with E-state index in [-0.39, 0.29) is 0 Å². The Kier molecular flexibility index (Phi) is 34.2. The van der Waals surface area contributed by atoms with Crippen LogP contribution in [-0.2, 0) is 16.0 Å². The third-order valence-electron chi connectivity index (χ3n) is 7.31. The molecule has 0 aliphatic carbocycles. The fourth-order valence-corrected chi connectivity index (χ4v) is 4.39. The Balaban J connectivity index is -0.000000594. The first-order chi connectivity index (χ1) is 24.3. The Morgan fingerprint density at radius 2 is 1.18 bits per heavy atom. The van der Waals surface area contributed by atoms with Crippen molar-refractivity contribution in [3.63, 3.8) is 0 Å². The fourth-order valence-electron chi connectivity index (χ4n) is 3.67. The molecule has 1 atom stereocenters. The van der Waals surface area contributed by atoms with E-state index in [0.29, 0.717) is 18.2 Å². The van der Waals surface area contributed by atoms with Crippen LogP contribution in [-0.4, -0.2) is 35.6 Å². The number of aldehydes is 1. The number of unbranched alkanes of at least 4 members (excludes halogenated alkanes) is 4. The Bertz CT molecular complexity index is 1360. The van der Waals surface area contributed by atoms with E-state index >= 15 is 0 Å². The molecule has 0 spiro atoms. The van der Waals surface area contributed by atoms with Gasteiger partial charge in [-0.25, -0.2) is 4.39 Å². The van der Waals surface area contributed by atoms with Crippen LogP contribution in [0.2, 0.25) is 0 Å². The number of aryl methyl sites for hydroxylation is 4. The van der Waals surface area contributed by atoms with Crippen LogP contribution in [0.25, 0.3) is 22.6 Å². The van der Waals surface area contributed by atoms with Crippen LogP contribution >= 0.6 is 8.58 Å². The molecular weight excluding hydrogens is 654 g/mol. The zero-order chi connectivity index (χ0) is 39.7. The molecular formula is C44H70FN2O3P. The molecule has 0 amide bonds. The van der Waals surface area contributed by atoms with Crippen molar-refractivity contribution in [2.24, 2.45) is 0 Å². The number of carbonyl (C=O) groups is 2. The Labute approximate surface area is 313 Å². The van der Waals surface area contributed by atoms with Crippen LogP contribution in [0.15, 0.2) is 71.1 Å². The van der Waals surface area contributed by atoms with Crippen molar-refractivity contribution < 1.29 is 18.4 Å². The second kappa shape index (κ2) is 33.6. The molecule has 5 nitrogen and oxygen atoms in total. The summed E-state index contributed by atoms with van der Waals surface area (Å²) in [5.74, 6) is 1.20. The standard InChI is InChI=1S/C15H16.C11H13N2OP.C6H14.C5H11F.C4H10.C2H4O.CH2O/c1-3-13-6-10-15(11-7-13)14-8-4-12(2)5-9-14;1-7-6-9(4-5-10(7)15-3)11-13-12-8(2)14-11;1-3-5-6-4-2;1-4-5(2,3)6;1-3-4-2;1-2-3;1-2/h4-11H,3H2,1-2H3;4-6,15H,1-3H3;3-6H2,1-2H3;4H2,1-3H3;3-4H2,1-2H3;2H,1H3;1H2. The van der Waals surface area contributed by atoms with Crippen molar-refractivity contribution in [1.29, 1.82) is 0 Å². The summed E-state index contributed by atoms with van der Waals surface area (Å²) >= 11 is 0. The molecule has 4 rings (SSSR count). The lowest BCUT2D eigenvalue weighted by atomic mass is 10.0. The number of alkyl halides is 1. The van der Waals surface area contributed by atoms with E-state index in [1.54, 1.807) is 20.8 Å². The largest absolute Gasteiger partial charge is 0.421 e. The van der Waals surface area contributed by atoms with Gasteiger partial charge in [0.25, 0.3) is 0 Å². The van der Waals surface area contributed by atoms with Gasteiger partial charge >= 0.3 is 0 Å². The summed E-state index contributed by atoms with van der Waals surface area (Å²) in [7, 11) is 0.821. The van der Waals surface area contributed by atoms with E-state index in [2.05, 4.69) is 126 Å². The van der Waals surface area contributed by atoms with Gasteiger partial charge in [-0.05, 0) is 93.8 Å². The lowest BCUT2D eigenvalue weighted by molar-refractivity contribution is -0.106. The maximum atomic E-state index is 12.1. The number of aromatic nitrogens is 2. The highest BCUT2D eigenvalue weighted by molar-refractivity contribution is 7.46. The minimum atomic E-state index is -0.958. The van der Waals surface area contributed by atoms with Crippen molar-refractivity contribution >= 4 is 27.0 Å². The van der Waals surface area contributed by atoms with Crippen molar-refractivity contribution in [3.8, 4) is 22.6 Å². The number of nitrogens with zero attached hydrogens (tertiary/aromatic N) is 2. The van der Waals surface area contributed by atoms with Crippen LogP contribution in [0.3, 0.4) is 0 Å². The number of benzene rings is 3. The average Bonchev–Trinajstić information content (AvgIpc) is 3.59. The minimum Gasteiger partial charge on any atom is -0.421 e. The first kappa shape index (κ1) is 51.9. The molecule has 0 fully saturated rings. The molecule has 286 valence electrons. The van der Waals surface area contributed by atoms with Crippen molar-refractivity contribution in [3.05, 3.63) is 89.3 Å². The molecule has 0 N–H and O–H groups in total. The zero-order valence-electron chi connectivity index (χ0n) is 34.3. The summed E-state index contributed by atoms with van der Waals surface area (Å²) < 4.78 is 17.5. The van der Waals surface area contributed by atoms with Gasteiger partial charge in [0.1, 0.15) is 18.7 Å². The SMILES string of the molecule is C=O.CC=O.CCC(C)(C)F.CCCC.CCCCCC.CCc1ccc(-c2ccc(C)cc2)cc1.CPc1ccc(-c2nnc(C)o2)cc1C. The summed E-state index contributed by atoms with van der Waals surface area (Å²) in [5.41, 5.74) is 6.62. The second-order valence-electron chi connectivity index (χ2n) is 12.3. The summed E-state index contributed by atoms with van der Waals surface area (Å²) in [4.78, 5) is 16.8. The lowest BCUT2D eigenvalue weighted by Crippen LogP contribution is -2.07. The van der Waals surface area contributed by atoms with Crippen molar-refractivity contribution in [1.82, 2.24) is 10.2 Å². The smallest absolute Gasteiger partial charge is 0.247 e. The second-order valence-corrected chi connectivity index (χ2v) is 13.4. The molecule has 51 heavy (non-hydrogen) atoms. The zero-order valence-corrected chi connectivity index (χ0v) is 35.3. The molecule has 1 heterocycles. The lowest BCUT2D eigenvalue weighted by Gasteiger charge is -2.07. The number of rotatable bonds is 9. The van der Waals surface area contributed by atoms with Gasteiger partial charge in [-0.1, -0.05) is 149 Å². The summed E-state index contributed by atoms with van der Waals surface area (Å²) in [6.45, 7) is 27.6. The van der Waals surface area contributed by atoms with Gasteiger partial charge in [-0.15, -0.1) is 10.2 Å². The predicted molar refractivity (Wildman–Crippen MR) is 224 cm³/mol. The molecule has 1 aromatic heterocycles. The maximum absolute atomic E-state index is 12.1. The fraction of sp³-hybridized carbons (Fsp3) is 0.500. The van der Waals surface area contributed by atoms with E-state index in [1.807, 2.05) is 19.8 Å². The van der Waals surface area contributed by atoms with Crippen LogP contribution in [0, 0.1) is 20.8 Å². The normalized spacial score (nSPS) is 9.76. The van der Waals surface area contributed by atoms with Crippen LogP contribution in [0.1, 0.15) is 130 Å². The predicted octanol–water partition coefficient (Wildman–Crippen LogP) is 13.1. The summed E-state index contributed by atoms with van der Waals surface area (Å²) in [5, 5.41) is 9.20. The van der Waals surface area contributed by atoms with Gasteiger partial charge in [0.15, 0.2) is 0 Å². The first-order valence-electron chi connectivity index (χ1n) is 18.4. The third-order valence-corrected chi connectivity index (χ3v) is 8.41. The molecule has 0 bridgehead atoms. The van der Waals surface area contributed by atoms with Gasteiger partial charge in [0.2, 0.25) is 11.8 Å². The molecule has 0 saturated heterocycles. The first-order valence-corrected chi connectivity index (χ1v) is 19.9. The average molecular weight is 725 g/mol. The third kappa shape index (κ3) is 27.9.